The Hall–Kier alpha value is -2.68. The average molecular weight is 315 g/mol. The zero-order valence-electron chi connectivity index (χ0n) is 12.0. The summed E-state index contributed by atoms with van der Waals surface area (Å²) in [6, 6.07) is 1.98. The molecule has 1 amide bonds. The maximum atomic E-state index is 12.2. The number of nitrogens with zero attached hydrogens (tertiary/aromatic N) is 6. The highest BCUT2D eigenvalue weighted by Crippen LogP contribution is 2.25. The van der Waals surface area contributed by atoms with Crippen LogP contribution in [0, 0.1) is 0 Å². The Morgan fingerprint density at radius 3 is 2.95 bits per heavy atom. The van der Waals surface area contributed by atoms with Crippen LogP contribution in [-0.2, 0) is 0 Å². The van der Waals surface area contributed by atoms with E-state index in [2.05, 4.69) is 20.3 Å². The van der Waals surface area contributed by atoms with E-state index in [-0.39, 0.29) is 5.91 Å². The normalized spacial score (nSPS) is 14.5. The third-order valence-corrected chi connectivity index (χ3v) is 4.23. The molecular formula is C13H13N7OS. The van der Waals surface area contributed by atoms with Gasteiger partial charge in [-0.1, -0.05) is 5.21 Å². The van der Waals surface area contributed by atoms with Crippen LogP contribution in [0.2, 0.25) is 0 Å². The van der Waals surface area contributed by atoms with Crippen LogP contribution in [0.1, 0.15) is 10.5 Å². The number of anilines is 1. The van der Waals surface area contributed by atoms with Crippen molar-refractivity contribution >= 4 is 23.1 Å². The minimum Gasteiger partial charge on any atom is -0.340 e. The molecule has 1 N–H and O–H groups in total. The minimum atomic E-state index is -0.0787. The summed E-state index contributed by atoms with van der Waals surface area (Å²) in [5.74, 6) is 1.03. The lowest BCUT2D eigenvalue weighted by Crippen LogP contribution is -2.42. The van der Waals surface area contributed by atoms with Gasteiger partial charge in [0.25, 0.3) is 5.91 Å². The maximum Gasteiger partial charge on any atom is 0.275 e. The molecule has 0 spiro atoms. The molecule has 1 aliphatic rings. The van der Waals surface area contributed by atoms with Crippen LogP contribution in [0.25, 0.3) is 17.2 Å². The van der Waals surface area contributed by atoms with Crippen molar-refractivity contribution in [2.75, 3.05) is 25.7 Å². The van der Waals surface area contributed by atoms with Gasteiger partial charge in [0.05, 0.1) is 12.9 Å². The first-order valence-corrected chi connectivity index (χ1v) is 7.59. The Bertz CT molecular complexity index is 835. The fourth-order valence-electron chi connectivity index (χ4n) is 2.44. The molecule has 112 valence electrons. The van der Waals surface area contributed by atoms with E-state index < -0.39 is 0 Å². The number of carbonyl (C=O) groups is 1. The summed E-state index contributed by atoms with van der Waals surface area (Å²) in [4.78, 5) is 23.2. The predicted octanol–water partition coefficient (Wildman–Crippen LogP) is 1.20. The number of imidazole rings is 1. The molecule has 0 aliphatic carbocycles. The Labute approximate surface area is 130 Å². The second-order valence-corrected chi connectivity index (χ2v) is 5.94. The van der Waals surface area contributed by atoms with Crippen LogP contribution in [0.4, 0.5) is 5.82 Å². The van der Waals surface area contributed by atoms with E-state index >= 15 is 0 Å². The number of hydrogen-bond acceptors (Lipinski definition) is 6. The van der Waals surface area contributed by atoms with Gasteiger partial charge in [-0.15, -0.1) is 5.10 Å². The first kappa shape index (κ1) is 13.0. The summed E-state index contributed by atoms with van der Waals surface area (Å²) in [5, 5.41) is 12.2. The lowest BCUT2D eigenvalue weighted by atomic mass is 10.3. The number of rotatable bonds is 2. The summed E-state index contributed by atoms with van der Waals surface area (Å²) in [5.41, 5.74) is 2.26. The molecule has 8 nitrogen and oxygen atoms in total. The first-order chi connectivity index (χ1) is 10.6. The second kappa shape index (κ2) is 4.67. The Morgan fingerprint density at radius 2 is 2.18 bits per heavy atom. The number of fused-ring (bicyclic) bond motifs is 1. The lowest BCUT2D eigenvalue weighted by molar-refractivity contribution is 0.0779. The van der Waals surface area contributed by atoms with Crippen molar-refractivity contribution in [3.8, 4) is 17.2 Å². The zero-order valence-corrected chi connectivity index (χ0v) is 12.8. The Balaban J connectivity index is 1.74. The fourth-order valence-corrected chi connectivity index (χ4v) is 3.09. The Morgan fingerprint density at radius 1 is 1.32 bits per heavy atom. The number of nitrogens with one attached hydrogen (secondary N) is 1. The van der Waals surface area contributed by atoms with Gasteiger partial charge in [0.2, 0.25) is 5.95 Å². The maximum absolute atomic E-state index is 12.2. The molecule has 9 heteroatoms. The van der Waals surface area contributed by atoms with E-state index in [0.29, 0.717) is 24.1 Å². The van der Waals surface area contributed by atoms with E-state index in [1.807, 2.05) is 28.8 Å². The van der Waals surface area contributed by atoms with Crippen LogP contribution < -0.4 is 4.90 Å². The first-order valence-electron chi connectivity index (χ1n) is 6.65. The molecule has 0 atom stereocenters. The largest absolute Gasteiger partial charge is 0.340 e. The fraction of sp³-hybridized carbons (Fsp3) is 0.231. The lowest BCUT2D eigenvalue weighted by Gasteiger charge is -2.29. The molecular weight excluding hydrogens is 302 g/mol. The van der Waals surface area contributed by atoms with Crippen LogP contribution in [-0.4, -0.2) is 56.5 Å². The second-order valence-electron chi connectivity index (χ2n) is 5.16. The van der Waals surface area contributed by atoms with Gasteiger partial charge in [-0.05, 0) is 11.4 Å². The SMILES string of the molecule is CN1CN(C)c2nc(-n3cc(-c4ccsc4)nn3)[nH]c2C1=O. The predicted molar refractivity (Wildman–Crippen MR) is 82.2 cm³/mol. The van der Waals surface area contributed by atoms with Gasteiger partial charge in [0.15, 0.2) is 11.5 Å². The molecule has 0 saturated carbocycles. The van der Waals surface area contributed by atoms with Crippen molar-refractivity contribution in [2.24, 2.45) is 0 Å². The highest BCUT2D eigenvalue weighted by molar-refractivity contribution is 7.08. The smallest absolute Gasteiger partial charge is 0.275 e. The number of H-pyrrole nitrogens is 1. The van der Waals surface area contributed by atoms with E-state index in [0.717, 1.165) is 11.3 Å². The Kier molecular flexibility index (Phi) is 2.76. The molecule has 0 bridgehead atoms. The van der Waals surface area contributed by atoms with Crippen LogP contribution in [0.5, 0.6) is 0 Å². The van der Waals surface area contributed by atoms with E-state index in [4.69, 9.17) is 0 Å². The molecule has 0 fully saturated rings. The number of aromatic nitrogens is 5. The molecule has 0 unspecified atom stereocenters. The molecule has 0 radical (unpaired) electrons. The van der Waals surface area contributed by atoms with Gasteiger partial charge in [0, 0.05) is 25.0 Å². The van der Waals surface area contributed by atoms with Gasteiger partial charge < -0.3 is 14.8 Å². The molecule has 4 rings (SSSR count). The summed E-state index contributed by atoms with van der Waals surface area (Å²) >= 11 is 1.61. The van der Waals surface area contributed by atoms with E-state index in [1.54, 1.807) is 34.2 Å². The van der Waals surface area contributed by atoms with Gasteiger partial charge in [-0.2, -0.15) is 21.0 Å². The average Bonchev–Trinajstić information content (AvgIpc) is 3.21. The topological polar surface area (TPSA) is 82.9 Å². The molecule has 0 aromatic carbocycles. The summed E-state index contributed by atoms with van der Waals surface area (Å²) in [7, 11) is 3.65. The van der Waals surface area contributed by atoms with Gasteiger partial charge in [-0.3, -0.25) is 4.79 Å². The number of carbonyl (C=O) groups excluding carboxylic acids is 1. The number of aromatic amines is 1. The third kappa shape index (κ3) is 1.90. The summed E-state index contributed by atoms with van der Waals surface area (Å²) in [6.45, 7) is 0.508. The quantitative estimate of drug-likeness (QED) is 0.768. The summed E-state index contributed by atoms with van der Waals surface area (Å²) in [6.07, 6.45) is 1.79. The van der Waals surface area contributed by atoms with E-state index in [1.165, 1.54) is 0 Å². The molecule has 3 aromatic rings. The highest BCUT2D eigenvalue weighted by atomic mass is 32.1. The standard InChI is InChI=1S/C13H13N7OS/c1-18-7-19(2)12(21)10-11(18)15-13(14-10)20-5-9(16-17-20)8-3-4-22-6-8/h3-6H,7H2,1-2H3,(H,14,15). The molecule has 1 aliphatic heterocycles. The summed E-state index contributed by atoms with van der Waals surface area (Å²) < 4.78 is 1.55. The van der Waals surface area contributed by atoms with Gasteiger partial charge in [0.1, 0.15) is 5.69 Å². The molecule has 4 heterocycles. The number of hydrogen-bond donors (Lipinski definition) is 1. The van der Waals surface area contributed by atoms with Crippen LogP contribution in [0.3, 0.4) is 0 Å². The van der Waals surface area contributed by atoms with Crippen molar-refractivity contribution in [1.29, 1.82) is 0 Å². The van der Waals surface area contributed by atoms with Gasteiger partial charge in [-0.25, -0.2) is 0 Å². The van der Waals surface area contributed by atoms with Crippen LogP contribution >= 0.6 is 11.3 Å². The third-order valence-electron chi connectivity index (χ3n) is 3.55. The zero-order chi connectivity index (χ0) is 15.3. The van der Waals surface area contributed by atoms with Crippen molar-refractivity contribution in [3.63, 3.8) is 0 Å². The van der Waals surface area contributed by atoms with Crippen molar-refractivity contribution < 1.29 is 4.79 Å². The van der Waals surface area contributed by atoms with Crippen molar-refractivity contribution in [2.45, 2.75) is 0 Å². The highest BCUT2D eigenvalue weighted by Gasteiger charge is 2.29. The van der Waals surface area contributed by atoms with Crippen molar-refractivity contribution in [1.82, 2.24) is 29.9 Å². The van der Waals surface area contributed by atoms with E-state index in [9.17, 15) is 4.79 Å². The van der Waals surface area contributed by atoms with Crippen molar-refractivity contribution in [3.05, 3.63) is 28.7 Å². The molecule has 0 saturated heterocycles. The van der Waals surface area contributed by atoms with Crippen LogP contribution in [0.15, 0.2) is 23.0 Å². The molecule has 3 aromatic heterocycles. The van der Waals surface area contributed by atoms with Gasteiger partial charge >= 0.3 is 0 Å². The minimum absolute atomic E-state index is 0.0787. The number of thiophene rings is 1. The monoisotopic (exact) mass is 315 g/mol. The number of amides is 1. The molecule has 22 heavy (non-hydrogen) atoms.